The summed E-state index contributed by atoms with van der Waals surface area (Å²) in [6.07, 6.45) is 3.52. The molecule has 2 aromatic heterocycles. The fourth-order valence-corrected chi connectivity index (χ4v) is 4.57. The van der Waals surface area contributed by atoms with Crippen molar-refractivity contribution in [1.29, 1.82) is 0 Å². The zero-order valence-electron chi connectivity index (χ0n) is 19.5. The minimum Gasteiger partial charge on any atom is -0.364 e. The van der Waals surface area contributed by atoms with Gasteiger partial charge >= 0.3 is 0 Å². The molecule has 9 nitrogen and oxygen atoms in total. The molecular formula is C24H33N7O2. The van der Waals surface area contributed by atoms with E-state index in [4.69, 9.17) is 5.73 Å². The second kappa shape index (κ2) is 10.2. The lowest BCUT2D eigenvalue weighted by molar-refractivity contribution is -0.136. The molecule has 0 saturated carbocycles. The third-order valence-electron chi connectivity index (χ3n) is 6.38. The second-order valence-corrected chi connectivity index (χ2v) is 9.08. The van der Waals surface area contributed by atoms with Gasteiger partial charge in [0, 0.05) is 57.9 Å². The van der Waals surface area contributed by atoms with Gasteiger partial charge in [-0.25, -0.2) is 9.97 Å². The molecule has 4 rings (SSSR count). The monoisotopic (exact) mass is 451 g/mol. The summed E-state index contributed by atoms with van der Waals surface area (Å²) in [6, 6.07) is 9.50. The fourth-order valence-electron chi connectivity index (χ4n) is 4.57. The first-order valence-electron chi connectivity index (χ1n) is 11.6. The molecule has 0 atom stereocenters. The van der Waals surface area contributed by atoms with Gasteiger partial charge in [0.05, 0.1) is 0 Å². The van der Waals surface area contributed by atoms with Crippen LogP contribution in [0.2, 0.25) is 0 Å². The highest BCUT2D eigenvalue weighted by atomic mass is 16.2. The molecule has 2 saturated heterocycles. The third kappa shape index (κ3) is 5.60. The molecule has 2 aliphatic rings. The number of pyridine rings is 2. The molecule has 0 unspecified atom stereocenters. The number of amides is 2. The summed E-state index contributed by atoms with van der Waals surface area (Å²) in [6.45, 7) is 5.41. The normalized spacial score (nSPS) is 17.5. The average Bonchev–Trinajstić information content (AvgIpc) is 2.84. The van der Waals surface area contributed by atoms with E-state index in [9.17, 15) is 9.59 Å². The van der Waals surface area contributed by atoms with Crippen LogP contribution in [-0.2, 0) is 11.3 Å². The maximum Gasteiger partial charge on any atom is 0.267 e. The largest absolute Gasteiger partial charge is 0.364 e. The van der Waals surface area contributed by atoms with E-state index in [1.54, 1.807) is 12.1 Å². The Morgan fingerprint density at radius 1 is 0.970 bits per heavy atom. The Balaban J connectivity index is 1.26. The number of nitrogens with two attached hydrogens (primary N) is 1. The number of nitrogens with zero attached hydrogens (tertiary/aromatic N) is 6. The molecule has 0 radical (unpaired) electrons. The molecule has 2 aromatic rings. The highest BCUT2D eigenvalue weighted by Crippen LogP contribution is 2.25. The SMILES string of the molecule is CN(C)Cc1ccc(N2CCN(C(=O)C3CCN(c4cccc(C(N)=O)n4)CC3)CC2)nc1. The van der Waals surface area contributed by atoms with Crippen LogP contribution in [0.4, 0.5) is 11.6 Å². The lowest BCUT2D eigenvalue weighted by atomic mass is 9.95. The van der Waals surface area contributed by atoms with Crippen LogP contribution >= 0.6 is 0 Å². The average molecular weight is 452 g/mol. The Bertz CT molecular complexity index is 963. The molecule has 9 heteroatoms. The van der Waals surface area contributed by atoms with Crippen LogP contribution in [0, 0.1) is 5.92 Å². The highest BCUT2D eigenvalue weighted by Gasteiger charge is 2.31. The Morgan fingerprint density at radius 2 is 1.67 bits per heavy atom. The summed E-state index contributed by atoms with van der Waals surface area (Å²) < 4.78 is 0. The van der Waals surface area contributed by atoms with Gasteiger partial charge in [-0.15, -0.1) is 0 Å². The first-order valence-corrected chi connectivity index (χ1v) is 11.6. The van der Waals surface area contributed by atoms with Gasteiger partial charge in [0.15, 0.2) is 0 Å². The Kier molecular flexibility index (Phi) is 7.08. The molecule has 33 heavy (non-hydrogen) atoms. The maximum absolute atomic E-state index is 13.1. The van der Waals surface area contributed by atoms with E-state index in [0.29, 0.717) is 0 Å². The number of aromatic nitrogens is 2. The number of piperidine rings is 1. The van der Waals surface area contributed by atoms with Crippen LogP contribution in [0.5, 0.6) is 0 Å². The van der Waals surface area contributed by atoms with E-state index in [1.165, 1.54) is 5.56 Å². The zero-order valence-corrected chi connectivity index (χ0v) is 19.5. The summed E-state index contributed by atoms with van der Waals surface area (Å²) in [7, 11) is 4.10. The van der Waals surface area contributed by atoms with Crippen LogP contribution < -0.4 is 15.5 Å². The molecule has 2 aliphatic heterocycles. The predicted octanol–water partition coefficient (Wildman–Crippen LogP) is 1.20. The van der Waals surface area contributed by atoms with E-state index in [2.05, 4.69) is 36.8 Å². The van der Waals surface area contributed by atoms with Gasteiger partial charge in [0.2, 0.25) is 5.91 Å². The number of carbonyl (C=O) groups excluding carboxylic acids is 2. The van der Waals surface area contributed by atoms with Crippen molar-refractivity contribution >= 4 is 23.5 Å². The van der Waals surface area contributed by atoms with Gasteiger partial charge in [-0.1, -0.05) is 12.1 Å². The quantitative estimate of drug-likeness (QED) is 0.705. The van der Waals surface area contributed by atoms with Gasteiger partial charge in [-0.2, -0.15) is 0 Å². The zero-order chi connectivity index (χ0) is 23.4. The van der Waals surface area contributed by atoms with Crippen molar-refractivity contribution in [3.8, 4) is 0 Å². The van der Waals surface area contributed by atoms with Crippen LogP contribution in [0.3, 0.4) is 0 Å². The number of piperazine rings is 1. The fraction of sp³-hybridized carbons (Fsp3) is 0.500. The van der Waals surface area contributed by atoms with E-state index >= 15 is 0 Å². The predicted molar refractivity (Wildman–Crippen MR) is 128 cm³/mol. The summed E-state index contributed by atoms with van der Waals surface area (Å²) in [5.74, 6) is 1.48. The summed E-state index contributed by atoms with van der Waals surface area (Å²) in [5, 5.41) is 0. The van der Waals surface area contributed by atoms with Crippen LogP contribution in [0.1, 0.15) is 28.9 Å². The lowest BCUT2D eigenvalue weighted by Crippen LogP contribution is -2.52. The Hall–Kier alpha value is -3.20. The standard InChI is InChI=1S/C24H33N7O2/c1-28(2)17-18-6-7-21(26-16-18)30-12-14-31(15-13-30)24(33)19-8-10-29(11-9-19)22-5-3-4-20(27-22)23(25)32/h3-7,16,19H,8-15,17H2,1-2H3,(H2,25,32). The number of hydrogen-bond acceptors (Lipinski definition) is 7. The number of hydrogen-bond donors (Lipinski definition) is 1. The van der Waals surface area contributed by atoms with Crippen LogP contribution in [0.15, 0.2) is 36.5 Å². The third-order valence-corrected chi connectivity index (χ3v) is 6.38. The molecule has 0 aliphatic carbocycles. The van der Waals surface area contributed by atoms with Crippen molar-refractivity contribution in [3.05, 3.63) is 47.8 Å². The molecule has 2 fully saturated rings. The van der Waals surface area contributed by atoms with E-state index in [0.717, 1.165) is 70.3 Å². The number of anilines is 2. The number of primary amides is 1. The molecule has 0 aromatic carbocycles. The number of rotatable bonds is 6. The van der Waals surface area contributed by atoms with Crippen molar-refractivity contribution in [2.45, 2.75) is 19.4 Å². The van der Waals surface area contributed by atoms with Gasteiger partial charge < -0.3 is 25.3 Å². The van der Waals surface area contributed by atoms with Gasteiger partial charge in [0.1, 0.15) is 17.3 Å². The summed E-state index contributed by atoms with van der Waals surface area (Å²) >= 11 is 0. The van der Waals surface area contributed by atoms with E-state index < -0.39 is 5.91 Å². The summed E-state index contributed by atoms with van der Waals surface area (Å²) in [5.41, 5.74) is 6.81. The van der Waals surface area contributed by atoms with Crippen molar-refractivity contribution in [2.75, 3.05) is 63.2 Å². The molecular weight excluding hydrogens is 418 g/mol. The van der Waals surface area contributed by atoms with Crippen molar-refractivity contribution < 1.29 is 9.59 Å². The first-order chi connectivity index (χ1) is 15.9. The molecule has 0 spiro atoms. The van der Waals surface area contributed by atoms with Crippen molar-refractivity contribution in [1.82, 2.24) is 19.8 Å². The van der Waals surface area contributed by atoms with Gasteiger partial charge in [0.25, 0.3) is 5.91 Å². The molecule has 4 heterocycles. The summed E-state index contributed by atoms with van der Waals surface area (Å²) in [4.78, 5) is 42.0. The van der Waals surface area contributed by atoms with Crippen molar-refractivity contribution in [3.63, 3.8) is 0 Å². The molecule has 0 bridgehead atoms. The minimum absolute atomic E-state index is 0.0376. The highest BCUT2D eigenvalue weighted by molar-refractivity contribution is 5.91. The van der Waals surface area contributed by atoms with Gasteiger partial charge in [-0.3, -0.25) is 9.59 Å². The Labute approximate surface area is 195 Å². The van der Waals surface area contributed by atoms with E-state index in [1.807, 2.05) is 31.3 Å². The van der Waals surface area contributed by atoms with Crippen LogP contribution in [-0.4, -0.2) is 84.9 Å². The minimum atomic E-state index is -0.527. The number of carbonyl (C=O) groups is 2. The topological polar surface area (TPSA) is 98.9 Å². The van der Waals surface area contributed by atoms with Crippen molar-refractivity contribution in [2.24, 2.45) is 11.7 Å². The maximum atomic E-state index is 13.1. The van der Waals surface area contributed by atoms with E-state index in [-0.39, 0.29) is 17.5 Å². The van der Waals surface area contributed by atoms with Crippen LogP contribution in [0.25, 0.3) is 0 Å². The smallest absolute Gasteiger partial charge is 0.267 e. The molecule has 2 amide bonds. The first kappa shape index (κ1) is 23.0. The van der Waals surface area contributed by atoms with Gasteiger partial charge in [-0.05, 0) is 50.7 Å². The second-order valence-electron chi connectivity index (χ2n) is 9.08. The lowest BCUT2D eigenvalue weighted by Gasteiger charge is -2.39. The Morgan fingerprint density at radius 3 is 2.27 bits per heavy atom. The molecule has 176 valence electrons. The molecule has 2 N–H and O–H groups in total.